The van der Waals surface area contributed by atoms with Gasteiger partial charge < -0.3 is 9.84 Å². The van der Waals surface area contributed by atoms with Gasteiger partial charge in [-0.25, -0.2) is 0 Å². The van der Waals surface area contributed by atoms with Gasteiger partial charge in [0.25, 0.3) is 0 Å². The smallest absolute Gasteiger partial charge is 0.123 e. The number of rotatable bonds is 2. The van der Waals surface area contributed by atoms with Crippen LogP contribution in [-0.2, 0) is 0 Å². The van der Waals surface area contributed by atoms with E-state index in [4.69, 9.17) is 9.84 Å². The molecule has 0 aromatic heterocycles. The summed E-state index contributed by atoms with van der Waals surface area (Å²) in [5.74, 6) is 0.960. The molecule has 1 aromatic rings. The minimum absolute atomic E-state index is 0.144. The van der Waals surface area contributed by atoms with E-state index in [0.717, 1.165) is 5.75 Å². The van der Waals surface area contributed by atoms with E-state index in [2.05, 4.69) is 20.8 Å². The number of hydrogen-bond donors (Lipinski definition) is 1. The third kappa shape index (κ3) is 3.83. The fourth-order valence-electron chi connectivity index (χ4n) is 0.873. The lowest BCUT2D eigenvalue weighted by Gasteiger charge is -2.18. The fourth-order valence-corrected chi connectivity index (χ4v) is 0.873. The Morgan fingerprint density at radius 2 is 2.00 bits per heavy atom. The van der Waals surface area contributed by atoms with Crippen molar-refractivity contribution in [1.29, 1.82) is 0 Å². The topological polar surface area (TPSA) is 29.5 Å². The van der Waals surface area contributed by atoms with Gasteiger partial charge in [0.2, 0.25) is 0 Å². The van der Waals surface area contributed by atoms with Gasteiger partial charge in [0.1, 0.15) is 11.5 Å². The molecular weight excluding hydrogens is 164 g/mol. The molecule has 0 bridgehead atoms. The predicted octanol–water partition coefficient (Wildman–Crippen LogP) is 2.82. The largest absolute Gasteiger partial charge is 0.508 e. The van der Waals surface area contributed by atoms with Crippen molar-refractivity contribution in [3.05, 3.63) is 24.3 Å². The van der Waals surface area contributed by atoms with Crippen molar-refractivity contribution in [2.45, 2.75) is 20.8 Å². The number of phenolic OH excluding ortho intramolecular Hbond substituents is 1. The molecule has 1 rings (SSSR count). The molecule has 1 N–H and O–H groups in total. The van der Waals surface area contributed by atoms with Crippen LogP contribution in [0.4, 0.5) is 0 Å². The van der Waals surface area contributed by atoms with E-state index >= 15 is 0 Å². The van der Waals surface area contributed by atoms with E-state index in [1.165, 1.54) is 0 Å². The lowest BCUT2D eigenvalue weighted by atomic mass is 9.99. The average molecular weight is 180 g/mol. The normalized spacial score (nSPS) is 11.3. The Morgan fingerprint density at radius 3 is 2.54 bits per heavy atom. The van der Waals surface area contributed by atoms with Crippen molar-refractivity contribution in [2.24, 2.45) is 5.41 Å². The van der Waals surface area contributed by atoms with Crippen LogP contribution in [0.15, 0.2) is 24.3 Å². The minimum atomic E-state index is 0.144. The van der Waals surface area contributed by atoms with E-state index in [1.807, 2.05) is 6.07 Å². The summed E-state index contributed by atoms with van der Waals surface area (Å²) < 4.78 is 5.49. The molecule has 2 heteroatoms. The zero-order valence-corrected chi connectivity index (χ0v) is 8.37. The molecule has 0 fully saturated rings. The Balaban J connectivity index is 2.55. The summed E-state index contributed by atoms with van der Waals surface area (Å²) in [5, 5.41) is 9.16. The maximum Gasteiger partial charge on any atom is 0.123 e. The molecule has 72 valence electrons. The Labute approximate surface area is 79.2 Å². The zero-order valence-electron chi connectivity index (χ0n) is 8.37. The lowest BCUT2D eigenvalue weighted by Crippen LogP contribution is -2.16. The molecule has 0 spiro atoms. The van der Waals surface area contributed by atoms with Crippen molar-refractivity contribution in [2.75, 3.05) is 6.61 Å². The van der Waals surface area contributed by atoms with Crippen molar-refractivity contribution in [1.82, 2.24) is 0 Å². The first-order chi connectivity index (χ1) is 5.97. The molecule has 2 nitrogen and oxygen atoms in total. The molecule has 0 aliphatic rings. The van der Waals surface area contributed by atoms with Crippen LogP contribution < -0.4 is 4.74 Å². The monoisotopic (exact) mass is 180 g/mol. The van der Waals surface area contributed by atoms with E-state index in [0.29, 0.717) is 6.61 Å². The summed E-state index contributed by atoms with van der Waals surface area (Å²) in [7, 11) is 0. The molecule has 0 aliphatic carbocycles. The van der Waals surface area contributed by atoms with Gasteiger partial charge in [-0.1, -0.05) is 26.8 Å². The van der Waals surface area contributed by atoms with Crippen molar-refractivity contribution in [3.63, 3.8) is 0 Å². The Hall–Kier alpha value is -1.18. The summed E-state index contributed by atoms with van der Waals surface area (Å²) in [5.41, 5.74) is 0.144. The minimum Gasteiger partial charge on any atom is -0.508 e. The highest BCUT2D eigenvalue weighted by atomic mass is 16.5. The van der Waals surface area contributed by atoms with E-state index < -0.39 is 0 Å². The maximum absolute atomic E-state index is 9.16. The number of aromatic hydroxyl groups is 1. The zero-order chi connectivity index (χ0) is 9.90. The highest BCUT2D eigenvalue weighted by Crippen LogP contribution is 2.20. The third-order valence-electron chi connectivity index (χ3n) is 1.49. The van der Waals surface area contributed by atoms with Crippen LogP contribution in [0.3, 0.4) is 0 Å². The fraction of sp³-hybridized carbons (Fsp3) is 0.455. The summed E-state index contributed by atoms with van der Waals surface area (Å²) in [6, 6.07) is 6.86. The van der Waals surface area contributed by atoms with Crippen molar-refractivity contribution in [3.8, 4) is 11.5 Å². The maximum atomic E-state index is 9.16. The van der Waals surface area contributed by atoms with Gasteiger partial charge in [0.15, 0.2) is 0 Å². The molecule has 1 aromatic carbocycles. The Bertz CT molecular complexity index is 274. The summed E-state index contributed by atoms with van der Waals surface area (Å²) in [6.45, 7) is 6.97. The second-order valence-electron chi connectivity index (χ2n) is 4.35. The van der Waals surface area contributed by atoms with Gasteiger partial charge in [0, 0.05) is 6.07 Å². The van der Waals surface area contributed by atoms with Crippen LogP contribution in [0.25, 0.3) is 0 Å². The molecule has 13 heavy (non-hydrogen) atoms. The van der Waals surface area contributed by atoms with E-state index in [9.17, 15) is 0 Å². The number of ether oxygens (including phenoxy) is 1. The van der Waals surface area contributed by atoms with Gasteiger partial charge in [-0.3, -0.25) is 0 Å². The van der Waals surface area contributed by atoms with Gasteiger partial charge in [-0.2, -0.15) is 0 Å². The standard InChI is InChI=1S/C11H16O2/c1-11(2,3)8-13-10-6-4-5-9(12)7-10/h4-7,12H,8H2,1-3H3. The Kier molecular flexibility index (Phi) is 2.81. The van der Waals surface area contributed by atoms with Crippen LogP contribution in [0.2, 0.25) is 0 Å². The second kappa shape index (κ2) is 3.69. The van der Waals surface area contributed by atoms with Crippen molar-refractivity contribution < 1.29 is 9.84 Å². The number of hydrogen-bond acceptors (Lipinski definition) is 2. The third-order valence-corrected chi connectivity index (χ3v) is 1.49. The molecule has 0 amide bonds. The van der Waals surface area contributed by atoms with Crippen molar-refractivity contribution >= 4 is 0 Å². The quantitative estimate of drug-likeness (QED) is 0.758. The van der Waals surface area contributed by atoms with Crippen LogP contribution in [-0.4, -0.2) is 11.7 Å². The molecular formula is C11H16O2. The highest BCUT2D eigenvalue weighted by molar-refractivity contribution is 5.31. The molecule has 0 aliphatic heterocycles. The van der Waals surface area contributed by atoms with E-state index in [-0.39, 0.29) is 11.2 Å². The molecule has 0 saturated carbocycles. The highest BCUT2D eigenvalue weighted by Gasteiger charge is 2.10. The molecule has 0 atom stereocenters. The molecule has 0 saturated heterocycles. The predicted molar refractivity (Wildman–Crippen MR) is 53.1 cm³/mol. The van der Waals surface area contributed by atoms with Gasteiger partial charge in [0.05, 0.1) is 6.61 Å². The van der Waals surface area contributed by atoms with Crippen LogP contribution in [0.5, 0.6) is 11.5 Å². The summed E-state index contributed by atoms with van der Waals surface area (Å²) in [4.78, 5) is 0. The SMILES string of the molecule is CC(C)(C)COc1cccc(O)c1. The summed E-state index contributed by atoms with van der Waals surface area (Å²) >= 11 is 0. The molecule has 0 radical (unpaired) electrons. The van der Waals surface area contributed by atoms with Crippen LogP contribution >= 0.6 is 0 Å². The first kappa shape index (κ1) is 9.90. The van der Waals surface area contributed by atoms with Gasteiger partial charge >= 0.3 is 0 Å². The number of phenols is 1. The Morgan fingerprint density at radius 1 is 1.31 bits per heavy atom. The van der Waals surface area contributed by atoms with Crippen LogP contribution in [0, 0.1) is 5.41 Å². The number of benzene rings is 1. The average Bonchev–Trinajstić information content (AvgIpc) is 2.00. The van der Waals surface area contributed by atoms with Crippen LogP contribution in [0.1, 0.15) is 20.8 Å². The lowest BCUT2D eigenvalue weighted by molar-refractivity contribution is 0.197. The molecule has 0 unspecified atom stereocenters. The first-order valence-corrected chi connectivity index (χ1v) is 4.39. The molecule has 0 heterocycles. The van der Waals surface area contributed by atoms with Gasteiger partial charge in [-0.15, -0.1) is 0 Å². The van der Waals surface area contributed by atoms with Gasteiger partial charge in [-0.05, 0) is 17.5 Å². The second-order valence-corrected chi connectivity index (χ2v) is 4.35. The van der Waals surface area contributed by atoms with E-state index in [1.54, 1.807) is 18.2 Å². The summed E-state index contributed by atoms with van der Waals surface area (Å²) in [6.07, 6.45) is 0. The first-order valence-electron chi connectivity index (χ1n) is 4.39.